The van der Waals surface area contributed by atoms with Crippen molar-refractivity contribution in [3.05, 3.63) is 28.8 Å². The van der Waals surface area contributed by atoms with Gasteiger partial charge >= 0.3 is 0 Å². The highest BCUT2D eigenvalue weighted by Gasteiger charge is 2.26. The van der Waals surface area contributed by atoms with Crippen LogP contribution in [0, 0.1) is 5.92 Å². The van der Waals surface area contributed by atoms with E-state index in [2.05, 4.69) is 17.4 Å². The maximum Gasteiger partial charge on any atom is 0.137 e. The molecule has 1 N–H and O–H groups in total. The van der Waals surface area contributed by atoms with Crippen molar-refractivity contribution in [3.8, 4) is 5.75 Å². The molecule has 2 nitrogen and oxygen atoms in total. The van der Waals surface area contributed by atoms with Gasteiger partial charge in [-0.15, -0.1) is 0 Å². The summed E-state index contributed by atoms with van der Waals surface area (Å²) in [5, 5.41) is 4.03. The lowest BCUT2D eigenvalue weighted by Crippen LogP contribution is -2.22. The highest BCUT2D eigenvalue weighted by atomic mass is 35.5. The van der Waals surface area contributed by atoms with Gasteiger partial charge in [-0.2, -0.15) is 0 Å². The van der Waals surface area contributed by atoms with Gasteiger partial charge in [0, 0.05) is 6.54 Å². The molecule has 1 aromatic carbocycles. The number of hydrogen-bond donors (Lipinski definition) is 1. The minimum atomic E-state index is 0.570. The SMILES string of the molecule is CNCC(c1ccc(OC)c(Cl)c1)C1CCCC1. The molecule has 0 spiro atoms. The minimum absolute atomic E-state index is 0.570. The summed E-state index contributed by atoms with van der Waals surface area (Å²) in [7, 11) is 3.68. The zero-order valence-corrected chi connectivity index (χ0v) is 12.0. The normalized spacial score (nSPS) is 17.9. The van der Waals surface area contributed by atoms with Gasteiger partial charge in [-0.25, -0.2) is 0 Å². The minimum Gasteiger partial charge on any atom is -0.495 e. The number of rotatable bonds is 5. The first-order valence-electron chi connectivity index (χ1n) is 6.74. The average molecular weight is 268 g/mol. The molecule has 1 atom stereocenters. The Labute approximate surface area is 115 Å². The van der Waals surface area contributed by atoms with Crippen LogP contribution in [0.1, 0.15) is 37.2 Å². The van der Waals surface area contributed by atoms with E-state index < -0.39 is 0 Å². The number of nitrogens with one attached hydrogen (secondary N) is 1. The molecule has 0 aliphatic heterocycles. The largest absolute Gasteiger partial charge is 0.495 e. The van der Waals surface area contributed by atoms with Crippen molar-refractivity contribution in [3.63, 3.8) is 0 Å². The van der Waals surface area contributed by atoms with Crippen molar-refractivity contribution in [2.45, 2.75) is 31.6 Å². The molecule has 0 bridgehead atoms. The van der Waals surface area contributed by atoms with E-state index >= 15 is 0 Å². The summed E-state index contributed by atoms with van der Waals surface area (Å²) in [6, 6.07) is 6.21. The van der Waals surface area contributed by atoms with Gasteiger partial charge in [0.05, 0.1) is 12.1 Å². The van der Waals surface area contributed by atoms with Crippen LogP contribution in [0.4, 0.5) is 0 Å². The molecule has 0 saturated heterocycles. The first-order valence-corrected chi connectivity index (χ1v) is 7.12. The standard InChI is InChI=1S/C15H22ClNO/c1-17-10-13(11-5-3-4-6-11)12-7-8-15(18-2)14(16)9-12/h7-9,11,13,17H,3-6,10H2,1-2H3. The molecule has 1 aromatic rings. The number of ether oxygens (including phenoxy) is 1. The average Bonchev–Trinajstić information content (AvgIpc) is 2.89. The molecule has 1 aliphatic rings. The third kappa shape index (κ3) is 2.99. The van der Waals surface area contributed by atoms with Crippen LogP contribution in [-0.2, 0) is 0 Å². The Bertz CT molecular complexity index is 388. The Hall–Kier alpha value is -0.730. The van der Waals surface area contributed by atoms with E-state index in [-0.39, 0.29) is 0 Å². The van der Waals surface area contributed by atoms with Gasteiger partial charge in [-0.3, -0.25) is 0 Å². The molecule has 0 radical (unpaired) electrons. The fraction of sp³-hybridized carbons (Fsp3) is 0.600. The molecule has 0 amide bonds. The second-order valence-electron chi connectivity index (χ2n) is 5.10. The van der Waals surface area contributed by atoms with Gasteiger partial charge in [0.15, 0.2) is 0 Å². The van der Waals surface area contributed by atoms with Crippen LogP contribution in [0.5, 0.6) is 5.75 Å². The van der Waals surface area contributed by atoms with Gasteiger partial charge in [-0.1, -0.05) is 30.5 Å². The molecular formula is C15H22ClNO. The summed E-state index contributed by atoms with van der Waals surface area (Å²) >= 11 is 6.24. The zero-order chi connectivity index (χ0) is 13.0. The molecule has 0 heterocycles. The number of likely N-dealkylation sites (N-methyl/N-ethyl adjacent to an activating group) is 1. The summed E-state index contributed by atoms with van der Waals surface area (Å²) in [6.45, 7) is 1.02. The molecule has 1 aliphatic carbocycles. The van der Waals surface area contributed by atoms with Crippen LogP contribution in [-0.4, -0.2) is 20.7 Å². The second kappa shape index (κ2) is 6.44. The van der Waals surface area contributed by atoms with E-state index in [1.54, 1.807) is 7.11 Å². The fourth-order valence-corrected chi connectivity index (χ4v) is 3.32. The Balaban J connectivity index is 2.21. The van der Waals surface area contributed by atoms with Gasteiger partial charge in [-0.05, 0) is 49.4 Å². The molecule has 1 fully saturated rings. The number of halogens is 1. The van der Waals surface area contributed by atoms with E-state index in [0.717, 1.165) is 18.2 Å². The molecule has 2 rings (SSSR count). The smallest absolute Gasteiger partial charge is 0.137 e. The molecule has 100 valence electrons. The second-order valence-corrected chi connectivity index (χ2v) is 5.51. The Kier molecular flexibility index (Phi) is 4.90. The molecule has 0 aromatic heterocycles. The first kappa shape index (κ1) is 13.7. The predicted octanol–water partition coefficient (Wildman–Crippen LogP) is 3.84. The van der Waals surface area contributed by atoms with Crippen LogP contribution in [0.25, 0.3) is 0 Å². The van der Waals surface area contributed by atoms with E-state index in [1.165, 1.54) is 31.2 Å². The van der Waals surface area contributed by atoms with Crippen molar-refractivity contribution >= 4 is 11.6 Å². The number of hydrogen-bond acceptors (Lipinski definition) is 2. The van der Waals surface area contributed by atoms with E-state index in [1.807, 2.05) is 13.1 Å². The summed E-state index contributed by atoms with van der Waals surface area (Å²) in [5.74, 6) is 2.12. The van der Waals surface area contributed by atoms with E-state index in [4.69, 9.17) is 16.3 Å². The summed E-state index contributed by atoms with van der Waals surface area (Å²) in [5.41, 5.74) is 1.34. The zero-order valence-electron chi connectivity index (χ0n) is 11.2. The highest BCUT2D eigenvalue weighted by molar-refractivity contribution is 6.32. The summed E-state index contributed by atoms with van der Waals surface area (Å²) in [6.07, 6.45) is 5.43. The van der Waals surface area contributed by atoms with Gasteiger partial charge in [0.2, 0.25) is 0 Å². The van der Waals surface area contributed by atoms with Crippen molar-refractivity contribution in [2.75, 3.05) is 20.7 Å². The van der Waals surface area contributed by atoms with E-state index in [0.29, 0.717) is 10.9 Å². The summed E-state index contributed by atoms with van der Waals surface area (Å²) in [4.78, 5) is 0. The van der Waals surface area contributed by atoms with Crippen molar-refractivity contribution in [2.24, 2.45) is 5.92 Å². The molecule has 1 unspecified atom stereocenters. The lowest BCUT2D eigenvalue weighted by Gasteiger charge is -2.24. The Morgan fingerprint density at radius 3 is 2.67 bits per heavy atom. The van der Waals surface area contributed by atoms with Crippen molar-refractivity contribution < 1.29 is 4.74 Å². The monoisotopic (exact) mass is 267 g/mol. The van der Waals surface area contributed by atoms with Crippen molar-refractivity contribution in [1.29, 1.82) is 0 Å². The van der Waals surface area contributed by atoms with Crippen LogP contribution < -0.4 is 10.1 Å². The Morgan fingerprint density at radius 2 is 2.11 bits per heavy atom. The molecular weight excluding hydrogens is 246 g/mol. The maximum atomic E-state index is 6.24. The Morgan fingerprint density at radius 1 is 1.39 bits per heavy atom. The van der Waals surface area contributed by atoms with E-state index in [9.17, 15) is 0 Å². The van der Waals surface area contributed by atoms with Crippen LogP contribution in [0.3, 0.4) is 0 Å². The van der Waals surface area contributed by atoms with Crippen LogP contribution in [0.2, 0.25) is 5.02 Å². The lowest BCUT2D eigenvalue weighted by molar-refractivity contribution is 0.410. The predicted molar refractivity (Wildman–Crippen MR) is 76.6 cm³/mol. The van der Waals surface area contributed by atoms with Gasteiger partial charge in [0.1, 0.15) is 5.75 Å². The van der Waals surface area contributed by atoms with Crippen molar-refractivity contribution in [1.82, 2.24) is 5.32 Å². The molecule has 18 heavy (non-hydrogen) atoms. The third-order valence-corrected chi connectivity index (χ3v) is 4.29. The topological polar surface area (TPSA) is 21.3 Å². The molecule has 1 saturated carbocycles. The lowest BCUT2D eigenvalue weighted by atomic mass is 9.85. The number of benzene rings is 1. The number of methoxy groups -OCH3 is 1. The van der Waals surface area contributed by atoms with Crippen LogP contribution >= 0.6 is 11.6 Å². The molecule has 3 heteroatoms. The quantitative estimate of drug-likeness (QED) is 0.875. The first-order chi connectivity index (χ1) is 8.76. The highest BCUT2D eigenvalue weighted by Crippen LogP contribution is 2.38. The van der Waals surface area contributed by atoms with Gasteiger partial charge in [0.25, 0.3) is 0 Å². The maximum absolute atomic E-state index is 6.24. The summed E-state index contributed by atoms with van der Waals surface area (Å²) < 4.78 is 5.22. The van der Waals surface area contributed by atoms with Crippen LogP contribution in [0.15, 0.2) is 18.2 Å². The van der Waals surface area contributed by atoms with Gasteiger partial charge < -0.3 is 10.1 Å². The third-order valence-electron chi connectivity index (χ3n) is 4.00. The fourth-order valence-electron chi connectivity index (χ4n) is 3.05.